The van der Waals surface area contributed by atoms with Gasteiger partial charge >= 0.3 is 0 Å². The van der Waals surface area contributed by atoms with Crippen molar-refractivity contribution in [3.8, 4) is 0 Å². The summed E-state index contributed by atoms with van der Waals surface area (Å²) in [6.07, 6.45) is 6.80. The molecular formula is C17H23N5O. The number of carbonyl (C=O) groups excluding carboxylic acids is 1. The van der Waals surface area contributed by atoms with Crippen LogP contribution in [0.5, 0.6) is 0 Å². The lowest BCUT2D eigenvalue weighted by Crippen LogP contribution is -2.33. The summed E-state index contributed by atoms with van der Waals surface area (Å²) in [6.45, 7) is 6.25. The molecule has 2 aromatic rings. The Morgan fingerprint density at radius 2 is 1.83 bits per heavy atom. The van der Waals surface area contributed by atoms with Crippen molar-refractivity contribution >= 4 is 11.7 Å². The highest BCUT2D eigenvalue weighted by atomic mass is 16.2. The van der Waals surface area contributed by atoms with Gasteiger partial charge in [-0.25, -0.2) is 9.97 Å². The summed E-state index contributed by atoms with van der Waals surface area (Å²) < 4.78 is 0. The number of nitrogens with one attached hydrogen (secondary N) is 1. The van der Waals surface area contributed by atoms with Crippen LogP contribution in [-0.2, 0) is 6.54 Å². The fourth-order valence-electron chi connectivity index (χ4n) is 2.28. The third-order valence-electron chi connectivity index (χ3n) is 3.38. The highest BCUT2D eigenvalue weighted by Gasteiger charge is 2.16. The van der Waals surface area contributed by atoms with E-state index in [2.05, 4.69) is 34.1 Å². The van der Waals surface area contributed by atoms with Crippen molar-refractivity contribution in [2.24, 2.45) is 0 Å². The summed E-state index contributed by atoms with van der Waals surface area (Å²) in [7, 11) is 0. The highest BCUT2D eigenvalue weighted by Crippen LogP contribution is 2.10. The molecule has 0 atom stereocenters. The number of nitrogens with zero attached hydrogens (tertiary/aromatic N) is 4. The molecule has 0 saturated carbocycles. The number of amides is 1. The second-order valence-corrected chi connectivity index (χ2v) is 5.29. The van der Waals surface area contributed by atoms with Gasteiger partial charge in [-0.2, -0.15) is 0 Å². The summed E-state index contributed by atoms with van der Waals surface area (Å²) in [5.74, 6) is 0.608. The van der Waals surface area contributed by atoms with Gasteiger partial charge in [-0.3, -0.25) is 9.78 Å². The van der Waals surface area contributed by atoms with Gasteiger partial charge in [-0.05, 0) is 30.5 Å². The molecule has 0 unspecified atom stereocenters. The lowest BCUT2D eigenvalue weighted by molar-refractivity contribution is 0.0749. The molecule has 6 nitrogen and oxygen atoms in total. The van der Waals surface area contributed by atoms with E-state index in [0.29, 0.717) is 18.1 Å². The minimum Gasteiger partial charge on any atom is -0.366 e. The van der Waals surface area contributed by atoms with E-state index < -0.39 is 0 Å². The molecule has 6 heteroatoms. The Kier molecular flexibility index (Phi) is 6.47. The van der Waals surface area contributed by atoms with Crippen LogP contribution in [0, 0.1) is 0 Å². The maximum atomic E-state index is 12.6. The smallest absolute Gasteiger partial charge is 0.272 e. The SMILES string of the molecule is CCCN(CCC)C(=O)c1cc(NCc2ccncc2)ncn1. The van der Waals surface area contributed by atoms with Crippen LogP contribution in [0.15, 0.2) is 36.9 Å². The van der Waals surface area contributed by atoms with Gasteiger partial charge in [0.1, 0.15) is 17.8 Å². The van der Waals surface area contributed by atoms with Crippen molar-refractivity contribution in [1.29, 1.82) is 0 Å². The third kappa shape index (κ3) is 5.02. The molecule has 2 aromatic heterocycles. The van der Waals surface area contributed by atoms with Crippen LogP contribution in [0.25, 0.3) is 0 Å². The minimum atomic E-state index is -0.0388. The van der Waals surface area contributed by atoms with E-state index in [-0.39, 0.29) is 5.91 Å². The third-order valence-corrected chi connectivity index (χ3v) is 3.38. The van der Waals surface area contributed by atoms with Crippen LogP contribution in [0.1, 0.15) is 42.7 Å². The van der Waals surface area contributed by atoms with Gasteiger partial charge in [0, 0.05) is 38.1 Å². The lowest BCUT2D eigenvalue weighted by atomic mass is 10.2. The lowest BCUT2D eigenvalue weighted by Gasteiger charge is -2.21. The Labute approximate surface area is 137 Å². The molecular weight excluding hydrogens is 290 g/mol. The molecule has 1 amide bonds. The molecule has 0 aliphatic rings. The number of hydrogen-bond acceptors (Lipinski definition) is 5. The van der Waals surface area contributed by atoms with Gasteiger partial charge in [0.25, 0.3) is 5.91 Å². The van der Waals surface area contributed by atoms with Crippen molar-refractivity contribution in [2.75, 3.05) is 18.4 Å². The van der Waals surface area contributed by atoms with Crippen LogP contribution >= 0.6 is 0 Å². The summed E-state index contributed by atoms with van der Waals surface area (Å²) >= 11 is 0. The quantitative estimate of drug-likeness (QED) is 0.811. The van der Waals surface area contributed by atoms with Crippen LogP contribution in [0.2, 0.25) is 0 Å². The average molecular weight is 313 g/mol. The second-order valence-electron chi connectivity index (χ2n) is 5.29. The Morgan fingerprint density at radius 1 is 1.13 bits per heavy atom. The number of rotatable bonds is 8. The van der Waals surface area contributed by atoms with Crippen LogP contribution in [-0.4, -0.2) is 38.8 Å². The zero-order valence-corrected chi connectivity index (χ0v) is 13.7. The number of hydrogen-bond donors (Lipinski definition) is 1. The molecule has 0 fully saturated rings. The Bertz CT molecular complexity index is 611. The molecule has 23 heavy (non-hydrogen) atoms. The molecule has 0 aromatic carbocycles. The van der Waals surface area contributed by atoms with Crippen molar-refractivity contribution in [3.05, 3.63) is 48.2 Å². The van der Waals surface area contributed by atoms with E-state index >= 15 is 0 Å². The van der Waals surface area contributed by atoms with Gasteiger partial charge in [0.05, 0.1) is 0 Å². The molecule has 122 valence electrons. The number of pyridine rings is 1. The zero-order valence-electron chi connectivity index (χ0n) is 13.7. The van der Waals surface area contributed by atoms with E-state index in [0.717, 1.165) is 31.5 Å². The van der Waals surface area contributed by atoms with E-state index in [9.17, 15) is 4.79 Å². The topological polar surface area (TPSA) is 71.0 Å². The number of carbonyl (C=O) groups is 1. The van der Waals surface area contributed by atoms with Crippen molar-refractivity contribution in [2.45, 2.75) is 33.2 Å². The fourth-order valence-corrected chi connectivity index (χ4v) is 2.28. The maximum Gasteiger partial charge on any atom is 0.272 e. The number of aromatic nitrogens is 3. The van der Waals surface area contributed by atoms with Crippen LogP contribution in [0.3, 0.4) is 0 Å². The Morgan fingerprint density at radius 3 is 2.48 bits per heavy atom. The Hall–Kier alpha value is -2.50. The molecule has 0 bridgehead atoms. The first-order valence-electron chi connectivity index (χ1n) is 7.98. The summed E-state index contributed by atoms with van der Waals surface area (Å²) in [5, 5.41) is 3.21. The zero-order chi connectivity index (χ0) is 16.5. The Balaban J connectivity index is 2.04. The van der Waals surface area contributed by atoms with E-state index in [1.54, 1.807) is 18.5 Å². The molecule has 2 rings (SSSR count). The fraction of sp³-hybridized carbons (Fsp3) is 0.412. The highest BCUT2D eigenvalue weighted by molar-refractivity contribution is 5.92. The molecule has 0 radical (unpaired) electrons. The molecule has 0 aliphatic carbocycles. The van der Waals surface area contributed by atoms with Crippen LogP contribution in [0.4, 0.5) is 5.82 Å². The molecule has 0 spiro atoms. The molecule has 1 N–H and O–H groups in total. The normalized spacial score (nSPS) is 10.3. The average Bonchev–Trinajstić information content (AvgIpc) is 2.60. The molecule has 2 heterocycles. The molecule has 0 aliphatic heterocycles. The maximum absolute atomic E-state index is 12.6. The van der Waals surface area contributed by atoms with Gasteiger partial charge in [0.2, 0.25) is 0 Å². The predicted octanol–water partition coefficient (Wildman–Crippen LogP) is 2.75. The molecule has 0 saturated heterocycles. The van der Waals surface area contributed by atoms with Gasteiger partial charge in [-0.1, -0.05) is 13.8 Å². The first-order chi connectivity index (χ1) is 11.2. The summed E-state index contributed by atoms with van der Waals surface area (Å²) in [6, 6.07) is 5.58. The van der Waals surface area contributed by atoms with Gasteiger partial charge in [-0.15, -0.1) is 0 Å². The summed E-state index contributed by atoms with van der Waals surface area (Å²) in [4.78, 5) is 26.7. The van der Waals surface area contributed by atoms with E-state index in [1.165, 1.54) is 6.33 Å². The van der Waals surface area contributed by atoms with Gasteiger partial charge < -0.3 is 10.2 Å². The van der Waals surface area contributed by atoms with Crippen molar-refractivity contribution in [1.82, 2.24) is 19.9 Å². The predicted molar refractivity (Wildman–Crippen MR) is 90.1 cm³/mol. The largest absolute Gasteiger partial charge is 0.366 e. The van der Waals surface area contributed by atoms with Gasteiger partial charge in [0.15, 0.2) is 0 Å². The number of anilines is 1. The van der Waals surface area contributed by atoms with Crippen LogP contribution < -0.4 is 5.32 Å². The standard InChI is InChI=1S/C17H23N5O/c1-3-9-22(10-4-2)17(23)15-11-16(21-13-20-15)19-12-14-5-7-18-8-6-14/h5-8,11,13H,3-4,9-10,12H2,1-2H3,(H,19,20,21). The minimum absolute atomic E-state index is 0.0388. The first kappa shape index (κ1) is 16.9. The summed E-state index contributed by atoms with van der Waals surface area (Å²) in [5.41, 5.74) is 1.53. The monoisotopic (exact) mass is 313 g/mol. The van der Waals surface area contributed by atoms with Crippen molar-refractivity contribution < 1.29 is 4.79 Å². The first-order valence-corrected chi connectivity index (χ1v) is 7.98. The van der Waals surface area contributed by atoms with E-state index in [4.69, 9.17) is 0 Å². The second kappa shape index (κ2) is 8.82. The van der Waals surface area contributed by atoms with E-state index in [1.807, 2.05) is 17.0 Å². The van der Waals surface area contributed by atoms with Crippen molar-refractivity contribution in [3.63, 3.8) is 0 Å².